The van der Waals surface area contributed by atoms with E-state index in [-0.39, 0.29) is 5.69 Å². The number of hydrogen-bond acceptors (Lipinski definition) is 5. The van der Waals surface area contributed by atoms with Crippen molar-refractivity contribution in [3.8, 4) is 0 Å². The molecule has 0 spiro atoms. The van der Waals surface area contributed by atoms with Crippen LogP contribution in [0, 0.1) is 0 Å². The molecule has 2 heterocycles. The molecular weight excluding hydrogens is 318 g/mol. The number of para-hydroxylation sites is 1. The maximum Gasteiger partial charge on any atom is 0.356 e. The highest BCUT2D eigenvalue weighted by atomic mass is 16.4. The Morgan fingerprint density at radius 2 is 1.96 bits per heavy atom. The molecule has 1 aromatic carbocycles. The van der Waals surface area contributed by atoms with Gasteiger partial charge in [0, 0.05) is 31.9 Å². The Hall–Kier alpha value is -3.09. The molecule has 0 bridgehead atoms. The van der Waals surface area contributed by atoms with Crippen LogP contribution in [0.1, 0.15) is 28.2 Å². The third kappa shape index (κ3) is 2.57. The van der Waals surface area contributed by atoms with E-state index in [0.29, 0.717) is 6.42 Å². The minimum absolute atomic E-state index is 0.135. The second-order valence-corrected chi connectivity index (χ2v) is 6.34. The van der Waals surface area contributed by atoms with Gasteiger partial charge < -0.3 is 15.3 Å². The van der Waals surface area contributed by atoms with Gasteiger partial charge in [0.1, 0.15) is 0 Å². The first kappa shape index (κ1) is 15.4. The Morgan fingerprint density at radius 3 is 2.68 bits per heavy atom. The number of nitrogens with one attached hydrogen (secondary N) is 1. The van der Waals surface area contributed by atoms with Crippen molar-refractivity contribution >= 4 is 23.3 Å². The van der Waals surface area contributed by atoms with Gasteiger partial charge in [-0.2, -0.15) is 5.10 Å². The maximum absolute atomic E-state index is 11.5. The lowest BCUT2D eigenvalue weighted by Gasteiger charge is -2.31. The molecular formula is C18H19N5O2. The van der Waals surface area contributed by atoms with E-state index in [1.807, 2.05) is 37.4 Å². The van der Waals surface area contributed by atoms with Crippen LogP contribution < -0.4 is 5.32 Å². The van der Waals surface area contributed by atoms with Gasteiger partial charge in [-0.25, -0.2) is 9.79 Å². The molecule has 1 aliphatic carbocycles. The number of anilines is 1. The van der Waals surface area contributed by atoms with Gasteiger partial charge in [0.05, 0.1) is 11.4 Å². The molecule has 2 aromatic rings. The van der Waals surface area contributed by atoms with E-state index in [1.165, 1.54) is 5.57 Å². The number of aromatic carboxylic acids is 1. The first-order chi connectivity index (χ1) is 12.0. The molecule has 2 aliphatic rings. The number of likely N-dealkylation sites (N-methyl/N-ethyl adjacent to an activating group) is 1. The average Bonchev–Trinajstić information content (AvgIpc) is 2.94. The lowest BCUT2D eigenvalue weighted by molar-refractivity contribution is 0.0688. The molecule has 1 aliphatic heterocycles. The fraction of sp³-hybridized carbons (Fsp3) is 0.278. The number of carboxylic acids is 1. The van der Waals surface area contributed by atoms with Crippen molar-refractivity contribution in [2.75, 3.05) is 18.9 Å². The summed E-state index contributed by atoms with van der Waals surface area (Å²) in [6.07, 6.45) is 1.50. The largest absolute Gasteiger partial charge is 0.476 e. The van der Waals surface area contributed by atoms with E-state index in [1.54, 1.807) is 11.7 Å². The smallest absolute Gasteiger partial charge is 0.356 e. The lowest BCUT2D eigenvalue weighted by Crippen LogP contribution is -2.38. The molecule has 0 saturated carbocycles. The van der Waals surface area contributed by atoms with E-state index < -0.39 is 5.97 Å². The van der Waals surface area contributed by atoms with Crippen molar-refractivity contribution in [2.24, 2.45) is 12.0 Å². The summed E-state index contributed by atoms with van der Waals surface area (Å²) in [5, 5.41) is 16.9. The molecule has 0 amide bonds. The first-order valence-corrected chi connectivity index (χ1v) is 8.18. The molecule has 0 radical (unpaired) electrons. The molecule has 1 aromatic heterocycles. The predicted octanol–water partition coefficient (Wildman–Crippen LogP) is 2.19. The summed E-state index contributed by atoms with van der Waals surface area (Å²) in [6.45, 7) is 0.765. The standard InChI is InChI=1S/C18H19N5O2/c1-22-10-11-8-9-13-15(17(24)25)21-23(2)16(13)14(11)20-18(22)19-12-6-4-3-5-7-12/h3-7H,8-10H2,1-2H3,(H,19,20)(H,24,25). The van der Waals surface area contributed by atoms with Crippen LogP contribution in [0.25, 0.3) is 5.70 Å². The van der Waals surface area contributed by atoms with E-state index in [0.717, 1.165) is 41.6 Å². The van der Waals surface area contributed by atoms with Gasteiger partial charge in [-0.3, -0.25) is 4.68 Å². The van der Waals surface area contributed by atoms with Crippen LogP contribution in [0.15, 0.2) is 40.9 Å². The van der Waals surface area contributed by atoms with Crippen molar-refractivity contribution in [2.45, 2.75) is 12.8 Å². The predicted molar refractivity (Wildman–Crippen MR) is 95.5 cm³/mol. The molecule has 25 heavy (non-hydrogen) atoms. The van der Waals surface area contributed by atoms with Crippen LogP contribution in [0.3, 0.4) is 0 Å². The van der Waals surface area contributed by atoms with Crippen molar-refractivity contribution < 1.29 is 9.90 Å². The Bertz CT molecular complexity index is 911. The van der Waals surface area contributed by atoms with E-state index in [4.69, 9.17) is 4.99 Å². The van der Waals surface area contributed by atoms with Crippen LogP contribution in [-0.2, 0) is 13.5 Å². The van der Waals surface area contributed by atoms with E-state index >= 15 is 0 Å². The highest BCUT2D eigenvalue weighted by Gasteiger charge is 2.32. The van der Waals surface area contributed by atoms with E-state index in [2.05, 4.69) is 15.3 Å². The third-order valence-corrected chi connectivity index (χ3v) is 4.62. The Labute approximate surface area is 145 Å². The molecule has 0 saturated heterocycles. The fourth-order valence-electron chi connectivity index (χ4n) is 3.45. The number of rotatable bonds is 2. The van der Waals surface area contributed by atoms with Crippen LogP contribution >= 0.6 is 0 Å². The maximum atomic E-state index is 11.5. The second kappa shape index (κ2) is 5.77. The van der Waals surface area contributed by atoms with Gasteiger partial charge in [0.25, 0.3) is 0 Å². The molecule has 4 rings (SSSR count). The minimum atomic E-state index is -0.986. The highest BCUT2D eigenvalue weighted by molar-refractivity contribution is 6.00. The number of aryl methyl sites for hydroxylation is 1. The Balaban J connectivity index is 1.77. The van der Waals surface area contributed by atoms with Crippen LogP contribution in [0.5, 0.6) is 0 Å². The summed E-state index contributed by atoms with van der Waals surface area (Å²) >= 11 is 0. The molecule has 0 atom stereocenters. The van der Waals surface area contributed by atoms with Gasteiger partial charge in [0.2, 0.25) is 5.96 Å². The van der Waals surface area contributed by atoms with Crippen LogP contribution in [0.2, 0.25) is 0 Å². The molecule has 0 fully saturated rings. The summed E-state index contributed by atoms with van der Waals surface area (Å²) in [7, 11) is 3.78. The van der Waals surface area contributed by atoms with Crippen LogP contribution in [0.4, 0.5) is 5.69 Å². The number of carbonyl (C=O) groups is 1. The zero-order valence-electron chi connectivity index (χ0n) is 14.2. The van der Waals surface area contributed by atoms with Gasteiger partial charge in [-0.15, -0.1) is 0 Å². The SMILES string of the molecule is CN1CC2=C(N=C1Nc1ccccc1)c1c(c(C(=O)O)nn1C)CC2. The van der Waals surface area contributed by atoms with Crippen molar-refractivity contribution in [1.29, 1.82) is 0 Å². The molecule has 7 nitrogen and oxygen atoms in total. The minimum Gasteiger partial charge on any atom is -0.476 e. The zero-order chi connectivity index (χ0) is 17.6. The van der Waals surface area contributed by atoms with Crippen molar-refractivity contribution in [3.05, 3.63) is 52.9 Å². The molecule has 7 heteroatoms. The van der Waals surface area contributed by atoms with Crippen molar-refractivity contribution in [3.63, 3.8) is 0 Å². The van der Waals surface area contributed by atoms with Gasteiger partial charge >= 0.3 is 5.97 Å². The van der Waals surface area contributed by atoms with Crippen molar-refractivity contribution in [1.82, 2.24) is 14.7 Å². The molecule has 0 unspecified atom stereocenters. The van der Waals surface area contributed by atoms with Gasteiger partial charge in [-0.05, 0) is 30.5 Å². The fourth-order valence-corrected chi connectivity index (χ4v) is 3.45. The summed E-state index contributed by atoms with van der Waals surface area (Å²) < 4.78 is 1.64. The lowest BCUT2D eigenvalue weighted by atomic mass is 9.91. The number of nitrogens with zero attached hydrogens (tertiary/aromatic N) is 4. The summed E-state index contributed by atoms with van der Waals surface area (Å²) in [5.74, 6) is -0.240. The normalized spacial score (nSPS) is 16.2. The zero-order valence-corrected chi connectivity index (χ0v) is 14.2. The number of aromatic nitrogens is 2. The number of guanidine groups is 1. The highest BCUT2D eigenvalue weighted by Crippen LogP contribution is 2.36. The second-order valence-electron chi connectivity index (χ2n) is 6.34. The summed E-state index contributed by atoms with van der Waals surface area (Å²) in [6, 6.07) is 9.87. The monoisotopic (exact) mass is 337 g/mol. The molecule has 2 N–H and O–H groups in total. The van der Waals surface area contributed by atoms with Gasteiger partial charge in [-0.1, -0.05) is 18.2 Å². The number of aliphatic imine (C=N–C) groups is 1. The summed E-state index contributed by atoms with van der Waals surface area (Å²) in [5.41, 5.74) is 4.76. The van der Waals surface area contributed by atoms with Crippen LogP contribution in [-0.4, -0.2) is 45.3 Å². The quantitative estimate of drug-likeness (QED) is 0.878. The summed E-state index contributed by atoms with van der Waals surface area (Å²) in [4.78, 5) is 18.3. The number of benzene rings is 1. The first-order valence-electron chi connectivity index (χ1n) is 8.18. The van der Waals surface area contributed by atoms with Gasteiger partial charge in [0.15, 0.2) is 5.69 Å². The molecule has 128 valence electrons. The van der Waals surface area contributed by atoms with E-state index in [9.17, 15) is 9.90 Å². The third-order valence-electron chi connectivity index (χ3n) is 4.62. The number of hydrogen-bond donors (Lipinski definition) is 2. The Kier molecular flexibility index (Phi) is 3.56. The number of fused-ring (bicyclic) bond motifs is 2. The Morgan fingerprint density at radius 1 is 1.20 bits per heavy atom. The average molecular weight is 337 g/mol. The topological polar surface area (TPSA) is 82.8 Å². The number of carboxylic acid groups (broad SMARTS) is 1.